The van der Waals surface area contributed by atoms with E-state index in [9.17, 15) is 25.2 Å². The van der Waals surface area contributed by atoms with E-state index in [2.05, 4.69) is 4.99 Å². The van der Waals surface area contributed by atoms with Crippen LogP contribution in [-0.2, 0) is 19.0 Å². The van der Waals surface area contributed by atoms with E-state index in [0.717, 1.165) is 0 Å². The second-order valence-electron chi connectivity index (χ2n) is 7.31. The molecule has 12 nitrogen and oxygen atoms in total. The summed E-state index contributed by atoms with van der Waals surface area (Å²) in [5, 5.41) is 58.2. The Morgan fingerprint density at radius 3 is 2.55 bits per heavy atom. The van der Waals surface area contributed by atoms with E-state index < -0.39 is 49.3 Å². The number of aliphatic carboxylic acids is 1. The van der Waals surface area contributed by atoms with Crippen molar-refractivity contribution in [2.75, 3.05) is 38.8 Å². The molecule has 6 N–H and O–H groups in total. The number of carboxylic acid groups (broad SMARTS) is 1. The first kappa shape index (κ1) is 25.6. The second kappa shape index (κ2) is 11.9. The van der Waals surface area contributed by atoms with Crippen molar-refractivity contribution in [1.29, 1.82) is 0 Å². The first-order valence-corrected chi connectivity index (χ1v) is 11.2. The molecule has 13 heteroatoms. The number of phenols is 1. The predicted molar refractivity (Wildman–Crippen MR) is 115 cm³/mol. The van der Waals surface area contributed by atoms with Crippen molar-refractivity contribution in [2.24, 2.45) is 4.99 Å². The summed E-state index contributed by atoms with van der Waals surface area (Å²) >= 11 is 1.27. The summed E-state index contributed by atoms with van der Waals surface area (Å²) < 4.78 is 21.4. The highest BCUT2D eigenvalue weighted by Crippen LogP contribution is 2.31. The van der Waals surface area contributed by atoms with Crippen LogP contribution in [0.25, 0.3) is 0 Å². The number of phenolic OH excluding ortho intramolecular Hbond substituents is 1. The number of aliphatic imine (C=N–C) groups is 1. The van der Waals surface area contributed by atoms with Gasteiger partial charge in [0.15, 0.2) is 12.3 Å². The monoisotopic (exact) mass is 489 g/mol. The Kier molecular flexibility index (Phi) is 9.28. The topological polar surface area (TPSA) is 188 Å². The van der Waals surface area contributed by atoms with Crippen molar-refractivity contribution < 1.29 is 54.4 Å². The molecule has 2 aliphatic heterocycles. The Morgan fingerprint density at radius 1 is 1.12 bits per heavy atom. The minimum absolute atomic E-state index is 0.0231. The Morgan fingerprint density at radius 2 is 1.88 bits per heavy atom. The van der Waals surface area contributed by atoms with Gasteiger partial charge in [-0.3, -0.25) is 4.99 Å². The average molecular weight is 489 g/mol. The van der Waals surface area contributed by atoms with Gasteiger partial charge in [0, 0.05) is 17.4 Å². The number of rotatable bonds is 11. The quantitative estimate of drug-likeness (QED) is 0.199. The molecule has 1 aromatic carbocycles. The number of ether oxygens (including phenoxy) is 4. The van der Waals surface area contributed by atoms with Gasteiger partial charge in [0.25, 0.3) is 0 Å². The maximum absolute atomic E-state index is 11.0. The third-order valence-corrected chi connectivity index (χ3v) is 6.07. The van der Waals surface area contributed by atoms with Crippen LogP contribution in [0, 0.1) is 0 Å². The number of benzene rings is 1. The molecular formula is C20H27NO11S. The zero-order valence-corrected chi connectivity index (χ0v) is 18.3. The number of aromatic hydroxyl groups is 1. The van der Waals surface area contributed by atoms with Gasteiger partial charge in [-0.05, 0) is 12.1 Å². The van der Waals surface area contributed by atoms with Crippen LogP contribution in [0.5, 0.6) is 11.5 Å². The molecule has 3 rings (SSSR count). The van der Waals surface area contributed by atoms with Crippen LogP contribution in [0.15, 0.2) is 23.2 Å². The Hall–Kier alpha value is -1.97. The number of hydrogen-bond donors (Lipinski definition) is 6. The minimum atomic E-state index is -1.50. The van der Waals surface area contributed by atoms with Crippen molar-refractivity contribution in [2.45, 2.75) is 36.7 Å². The third kappa shape index (κ3) is 6.55. The SMILES string of the molecule is O=C(O)[C@H]1CSC(c2ccc(OCCOCCOC3OC(CO)C(O)C(O)C3O)cc2O)=N1. The number of thioether (sulfide) groups is 1. The smallest absolute Gasteiger partial charge is 0.329 e. The van der Waals surface area contributed by atoms with E-state index >= 15 is 0 Å². The summed E-state index contributed by atoms with van der Waals surface area (Å²) in [5.74, 6) is -0.357. The molecule has 0 aliphatic carbocycles. The number of aliphatic hydroxyl groups excluding tert-OH is 4. The Balaban J connectivity index is 1.35. The van der Waals surface area contributed by atoms with E-state index in [0.29, 0.717) is 22.1 Å². The van der Waals surface area contributed by atoms with Gasteiger partial charge in [0.05, 0.1) is 26.4 Å². The summed E-state index contributed by atoms with van der Waals surface area (Å²) in [4.78, 5) is 15.1. The van der Waals surface area contributed by atoms with Crippen LogP contribution in [0.1, 0.15) is 5.56 Å². The lowest BCUT2D eigenvalue weighted by Crippen LogP contribution is -2.59. The van der Waals surface area contributed by atoms with Gasteiger partial charge in [0.1, 0.15) is 47.6 Å². The minimum Gasteiger partial charge on any atom is -0.507 e. The van der Waals surface area contributed by atoms with Crippen molar-refractivity contribution in [1.82, 2.24) is 0 Å². The normalized spacial score (nSPS) is 29.6. The van der Waals surface area contributed by atoms with Crippen LogP contribution in [0.3, 0.4) is 0 Å². The van der Waals surface area contributed by atoms with E-state index in [-0.39, 0.29) is 32.2 Å². The lowest BCUT2D eigenvalue weighted by Gasteiger charge is -2.39. The molecule has 0 saturated carbocycles. The van der Waals surface area contributed by atoms with Gasteiger partial charge in [-0.25, -0.2) is 4.79 Å². The molecule has 1 fully saturated rings. The molecular weight excluding hydrogens is 462 g/mol. The summed E-state index contributed by atoms with van der Waals surface area (Å²) in [6.07, 6.45) is -6.67. The van der Waals surface area contributed by atoms with Crippen molar-refractivity contribution in [3.05, 3.63) is 23.8 Å². The van der Waals surface area contributed by atoms with Crippen LogP contribution in [0.4, 0.5) is 0 Å². The van der Waals surface area contributed by atoms with Gasteiger partial charge < -0.3 is 49.6 Å². The number of hydrogen-bond acceptors (Lipinski definition) is 12. The van der Waals surface area contributed by atoms with E-state index in [4.69, 9.17) is 29.2 Å². The number of nitrogens with zero attached hydrogens (tertiary/aromatic N) is 1. The second-order valence-corrected chi connectivity index (χ2v) is 8.32. The molecule has 2 heterocycles. The standard InChI is InChI=1S/C20H27NO11S/c22-8-14-15(24)16(25)17(26)20(32-14)31-6-4-29-3-5-30-10-1-2-11(13(23)7-10)18-21-12(9-33-18)19(27)28/h1-2,7,12,14-17,20,22-26H,3-6,8-9H2,(H,27,28)/t12-,14?,15?,16?,17?,20?/m1/s1. The maximum atomic E-state index is 11.0. The molecule has 1 aromatic rings. The van der Waals surface area contributed by atoms with Crippen LogP contribution < -0.4 is 4.74 Å². The molecule has 1 saturated heterocycles. The summed E-state index contributed by atoms with van der Waals surface area (Å²) in [7, 11) is 0. The molecule has 0 amide bonds. The largest absolute Gasteiger partial charge is 0.507 e. The van der Waals surface area contributed by atoms with Crippen molar-refractivity contribution in [3.8, 4) is 11.5 Å². The van der Waals surface area contributed by atoms with Gasteiger partial charge >= 0.3 is 5.97 Å². The molecule has 33 heavy (non-hydrogen) atoms. The summed E-state index contributed by atoms with van der Waals surface area (Å²) in [5.41, 5.74) is 0.442. The zero-order valence-electron chi connectivity index (χ0n) is 17.5. The molecule has 2 aliphatic rings. The van der Waals surface area contributed by atoms with Gasteiger partial charge in [-0.2, -0.15) is 0 Å². The predicted octanol–water partition coefficient (Wildman–Crippen LogP) is -1.45. The lowest BCUT2D eigenvalue weighted by atomic mass is 9.99. The molecule has 0 radical (unpaired) electrons. The number of carbonyl (C=O) groups is 1. The first-order chi connectivity index (χ1) is 15.8. The maximum Gasteiger partial charge on any atom is 0.329 e. The highest BCUT2D eigenvalue weighted by molar-refractivity contribution is 8.14. The first-order valence-electron chi connectivity index (χ1n) is 10.2. The highest BCUT2D eigenvalue weighted by atomic mass is 32.2. The molecule has 0 aromatic heterocycles. The third-order valence-electron chi connectivity index (χ3n) is 4.99. The molecule has 6 atom stereocenters. The Labute approximate surface area is 193 Å². The van der Waals surface area contributed by atoms with Gasteiger partial charge in [-0.1, -0.05) is 0 Å². The lowest BCUT2D eigenvalue weighted by molar-refractivity contribution is -0.302. The zero-order chi connectivity index (χ0) is 24.0. The van der Waals surface area contributed by atoms with Crippen LogP contribution in [0.2, 0.25) is 0 Å². The average Bonchev–Trinajstić information content (AvgIpc) is 3.28. The van der Waals surface area contributed by atoms with E-state index in [1.54, 1.807) is 12.1 Å². The molecule has 0 spiro atoms. The highest BCUT2D eigenvalue weighted by Gasteiger charge is 2.43. The summed E-state index contributed by atoms with van der Waals surface area (Å²) in [6, 6.07) is 3.83. The van der Waals surface area contributed by atoms with Gasteiger partial charge in [0.2, 0.25) is 0 Å². The molecule has 184 valence electrons. The number of carboxylic acids is 1. The molecule has 5 unspecified atom stereocenters. The summed E-state index contributed by atoms with van der Waals surface area (Å²) in [6.45, 7) is -0.0103. The van der Waals surface area contributed by atoms with Crippen LogP contribution in [-0.4, -0.2) is 117 Å². The number of aliphatic hydroxyl groups is 4. The fraction of sp³-hybridized carbons (Fsp3) is 0.600. The van der Waals surface area contributed by atoms with E-state index in [1.165, 1.54) is 17.8 Å². The van der Waals surface area contributed by atoms with Crippen LogP contribution >= 0.6 is 11.8 Å². The van der Waals surface area contributed by atoms with Gasteiger partial charge in [-0.15, -0.1) is 11.8 Å². The molecule has 0 bridgehead atoms. The fourth-order valence-corrected chi connectivity index (χ4v) is 4.24. The van der Waals surface area contributed by atoms with Crippen molar-refractivity contribution >= 4 is 22.8 Å². The Bertz CT molecular complexity index is 836. The fourth-order valence-electron chi connectivity index (χ4n) is 3.18. The van der Waals surface area contributed by atoms with Crippen molar-refractivity contribution in [3.63, 3.8) is 0 Å². The van der Waals surface area contributed by atoms with E-state index in [1.807, 2.05) is 0 Å².